The summed E-state index contributed by atoms with van der Waals surface area (Å²) in [4.78, 5) is 0. The summed E-state index contributed by atoms with van der Waals surface area (Å²) in [5, 5.41) is 11.0. The van der Waals surface area contributed by atoms with Crippen LogP contribution in [0.25, 0.3) is 0 Å². The molecule has 0 radical (unpaired) electrons. The molecule has 1 aromatic heterocycles. The quantitative estimate of drug-likeness (QED) is 0.876. The van der Waals surface area contributed by atoms with Gasteiger partial charge in [-0.1, -0.05) is 17.7 Å². The molecule has 17 heavy (non-hydrogen) atoms. The highest BCUT2D eigenvalue weighted by Gasteiger charge is 2.18. The van der Waals surface area contributed by atoms with Crippen molar-refractivity contribution in [1.29, 1.82) is 0 Å². The Morgan fingerprint density at radius 3 is 2.41 bits per heavy atom. The Hall–Kier alpha value is -1.25. The van der Waals surface area contributed by atoms with Gasteiger partial charge < -0.3 is 9.52 Å². The molecule has 0 bridgehead atoms. The van der Waals surface area contributed by atoms with Gasteiger partial charge in [0.05, 0.1) is 6.26 Å². The van der Waals surface area contributed by atoms with Crippen molar-refractivity contribution in [2.24, 2.45) is 0 Å². The molecule has 0 saturated heterocycles. The van der Waals surface area contributed by atoms with Crippen LogP contribution in [0.2, 0.25) is 5.02 Å². The standard InChI is InChI=1S/C14H15ClO2/c1-8-4-5-17-14(8)13(16)11-6-10(3)12(15)7-9(11)2/h4-7,13,16H,1-3H3. The van der Waals surface area contributed by atoms with Crippen LogP contribution in [0.4, 0.5) is 0 Å². The molecule has 1 unspecified atom stereocenters. The van der Waals surface area contributed by atoms with Gasteiger partial charge in [-0.3, -0.25) is 0 Å². The lowest BCUT2D eigenvalue weighted by atomic mass is 9.98. The Morgan fingerprint density at radius 2 is 1.82 bits per heavy atom. The molecule has 1 heterocycles. The van der Waals surface area contributed by atoms with Crippen molar-refractivity contribution < 1.29 is 9.52 Å². The molecule has 1 aromatic carbocycles. The Bertz CT molecular complexity index is 543. The first-order valence-electron chi connectivity index (χ1n) is 5.49. The minimum Gasteiger partial charge on any atom is -0.466 e. The van der Waals surface area contributed by atoms with Crippen molar-refractivity contribution in [3.05, 3.63) is 57.5 Å². The average Bonchev–Trinajstić information content (AvgIpc) is 2.69. The van der Waals surface area contributed by atoms with Crippen LogP contribution >= 0.6 is 11.6 Å². The second-order valence-corrected chi connectivity index (χ2v) is 4.74. The van der Waals surface area contributed by atoms with E-state index in [1.807, 2.05) is 39.0 Å². The molecule has 2 rings (SSSR count). The van der Waals surface area contributed by atoms with Crippen LogP contribution in [0.5, 0.6) is 0 Å². The number of hydrogen-bond acceptors (Lipinski definition) is 2. The fraction of sp³-hybridized carbons (Fsp3) is 0.286. The number of benzene rings is 1. The molecule has 90 valence electrons. The Kier molecular flexibility index (Phi) is 3.27. The van der Waals surface area contributed by atoms with Crippen molar-refractivity contribution in [3.63, 3.8) is 0 Å². The largest absolute Gasteiger partial charge is 0.466 e. The van der Waals surface area contributed by atoms with Crippen LogP contribution < -0.4 is 0 Å². The van der Waals surface area contributed by atoms with E-state index in [9.17, 15) is 5.11 Å². The Balaban J connectivity index is 2.48. The predicted octanol–water partition coefficient (Wildman–Crippen LogP) is 3.94. The summed E-state index contributed by atoms with van der Waals surface area (Å²) in [5.74, 6) is 0.592. The van der Waals surface area contributed by atoms with Crippen molar-refractivity contribution in [3.8, 4) is 0 Å². The second kappa shape index (κ2) is 4.55. The summed E-state index contributed by atoms with van der Waals surface area (Å²) < 4.78 is 5.32. The molecular weight excluding hydrogens is 236 g/mol. The number of aryl methyl sites for hydroxylation is 3. The van der Waals surface area contributed by atoms with E-state index in [0.717, 1.165) is 27.3 Å². The first-order valence-corrected chi connectivity index (χ1v) is 5.87. The topological polar surface area (TPSA) is 33.4 Å². The van der Waals surface area contributed by atoms with Crippen LogP contribution in [-0.4, -0.2) is 5.11 Å². The molecule has 2 nitrogen and oxygen atoms in total. The third kappa shape index (κ3) is 2.24. The lowest BCUT2D eigenvalue weighted by Gasteiger charge is -2.14. The van der Waals surface area contributed by atoms with Crippen LogP contribution in [-0.2, 0) is 0 Å². The number of rotatable bonds is 2. The van der Waals surface area contributed by atoms with Gasteiger partial charge >= 0.3 is 0 Å². The minimum atomic E-state index is -0.735. The first-order chi connectivity index (χ1) is 8.00. The van der Waals surface area contributed by atoms with E-state index in [0.29, 0.717) is 5.76 Å². The van der Waals surface area contributed by atoms with Gasteiger partial charge in [0.25, 0.3) is 0 Å². The lowest BCUT2D eigenvalue weighted by molar-refractivity contribution is 0.187. The van der Waals surface area contributed by atoms with Crippen molar-refractivity contribution >= 4 is 11.6 Å². The molecule has 0 amide bonds. The second-order valence-electron chi connectivity index (χ2n) is 4.33. The third-order valence-electron chi connectivity index (χ3n) is 2.99. The van der Waals surface area contributed by atoms with Crippen molar-refractivity contribution in [1.82, 2.24) is 0 Å². The smallest absolute Gasteiger partial charge is 0.139 e. The van der Waals surface area contributed by atoms with E-state index in [4.69, 9.17) is 16.0 Å². The zero-order valence-corrected chi connectivity index (χ0v) is 10.9. The van der Waals surface area contributed by atoms with Crippen LogP contribution in [0.3, 0.4) is 0 Å². The lowest BCUT2D eigenvalue weighted by Crippen LogP contribution is -2.03. The highest BCUT2D eigenvalue weighted by Crippen LogP contribution is 2.30. The maximum atomic E-state index is 10.3. The average molecular weight is 251 g/mol. The first kappa shape index (κ1) is 12.2. The Labute approximate surface area is 106 Å². The summed E-state index contributed by atoms with van der Waals surface area (Å²) in [6.07, 6.45) is 0.854. The van der Waals surface area contributed by atoms with E-state index in [1.165, 1.54) is 0 Å². The predicted molar refractivity (Wildman–Crippen MR) is 68.4 cm³/mol. The fourth-order valence-electron chi connectivity index (χ4n) is 1.90. The van der Waals surface area contributed by atoms with E-state index in [-0.39, 0.29) is 0 Å². The number of hydrogen-bond donors (Lipinski definition) is 1. The fourth-order valence-corrected chi connectivity index (χ4v) is 2.12. The summed E-state index contributed by atoms with van der Waals surface area (Å²) in [5.41, 5.74) is 3.70. The molecule has 0 aliphatic carbocycles. The SMILES string of the molecule is Cc1cc(C(O)c2occc2C)c(C)cc1Cl. The normalized spacial score (nSPS) is 12.8. The minimum absolute atomic E-state index is 0.592. The van der Waals surface area contributed by atoms with Crippen LogP contribution in [0.1, 0.15) is 34.1 Å². The van der Waals surface area contributed by atoms with E-state index in [1.54, 1.807) is 6.26 Å². The number of halogens is 1. The summed E-state index contributed by atoms with van der Waals surface area (Å²) in [7, 11) is 0. The van der Waals surface area contributed by atoms with E-state index < -0.39 is 6.10 Å². The maximum Gasteiger partial charge on any atom is 0.139 e. The van der Waals surface area contributed by atoms with Gasteiger partial charge in [0, 0.05) is 5.02 Å². The number of aliphatic hydroxyl groups excluding tert-OH is 1. The summed E-state index contributed by atoms with van der Waals surface area (Å²) in [6.45, 7) is 5.77. The van der Waals surface area contributed by atoms with Gasteiger partial charge in [0.15, 0.2) is 0 Å². The molecule has 0 aliphatic rings. The summed E-state index contributed by atoms with van der Waals surface area (Å²) in [6, 6.07) is 5.62. The van der Waals surface area contributed by atoms with E-state index in [2.05, 4.69) is 0 Å². The molecule has 1 atom stereocenters. The molecule has 0 aliphatic heterocycles. The Morgan fingerprint density at radius 1 is 1.12 bits per heavy atom. The number of aliphatic hydroxyl groups is 1. The van der Waals surface area contributed by atoms with Crippen LogP contribution in [0.15, 0.2) is 28.9 Å². The van der Waals surface area contributed by atoms with Crippen molar-refractivity contribution in [2.75, 3.05) is 0 Å². The molecule has 2 aromatic rings. The van der Waals surface area contributed by atoms with Gasteiger partial charge in [0.2, 0.25) is 0 Å². The molecule has 1 N–H and O–H groups in total. The van der Waals surface area contributed by atoms with E-state index >= 15 is 0 Å². The molecule has 3 heteroatoms. The van der Waals surface area contributed by atoms with Crippen molar-refractivity contribution in [2.45, 2.75) is 26.9 Å². The molecule has 0 spiro atoms. The molecule has 0 fully saturated rings. The van der Waals surface area contributed by atoms with Gasteiger partial charge in [-0.2, -0.15) is 0 Å². The molecular formula is C14H15ClO2. The zero-order chi connectivity index (χ0) is 12.6. The summed E-state index contributed by atoms with van der Waals surface area (Å²) >= 11 is 6.04. The monoisotopic (exact) mass is 250 g/mol. The van der Waals surface area contributed by atoms with Gasteiger partial charge in [0.1, 0.15) is 11.9 Å². The highest BCUT2D eigenvalue weighted by molar-refractivity contribution is 6.31. The molecule has 0 saturated carbocycles. The zero-order valence-electron chi connectivity index (χ0n) is 10.1. The van der Waals surface area contributed by atoms with Gasteiger partial charge in [-0.15, -0.1) is 0 Å². The maximum absolute atomic E-state index is 10.3. The van der Waals surface area contributed by atoms with Crippen LogP contribution in [0, 0.1) is 20.8 Å². The van der Waals surface area contributed by atoms with Gasteiger partial charge in [-0.05, 0) is 55.2 Å². The highest BCUT2D eigenvalue weighted by atomic mass is 35.5. The number of furan rings is 1. The van der Waals surface area contributed by atoms with Gasteiger partial charge in [-0.25, -0.2) is 0 Å². The third-order valence-corrected chi connectivity index (χ3v) is 3.40.